The maximum Gasteiger partial charge on any atom is 0.414 e. The molecule has 120 valence electrons. The normalized spacial score (nSPS) is 10.7. The van der Waals surface area contributed by atoms with Crippen LogP contribution in [0.3, 0.4) is 0 Å². The SMILES string of the molecule is Cn1cccc1-c1cc(OC(=O)NCCCn2ccnc2)no1. The smallest absolute Gasteiger partial charge is 0.388 e. The minimum atomic E-state index is -0.553. The average Bonchev–Trinajstić information content (AvgIpc) is 3.25. The summed E-state index contributed by atoms with van der Waals surface area (Å²) < 4.78 is 14.1. The van der Waals surface area contributed by atoms with E-state index < -0.39 is 6.09 Å². The van der Waals surface area contributed by atoms with Crippen LogP contribution in [0.15, 0.2) is 47.6 Å². The number of rotatable bonds is 6. The summed E-state index contributed by atoms with van der Waals surface area (Å²) in [7, 11) is 1.89. The molecule has 8 heteroatoms. The summed E-state index contributed by atoms with van der Waals surface area (Å²) in [5.41, 5.74) is 0.855. The van der Waals surface area contributed by atoms with E-state index in [-0.39, 0.29) is 5.88 Å². The van der Waals surface area contributed by atoms with Crippen LogP contribution in [0.5, 0.6) is 5.88 Å². The third-order valence-electron chi connectivity index (χ3n) is 3.30. The molecule has 0 aliphatic carbocycles. The van der Waals surface area contributed by atoms with E-state index in [4.69, 9.17) is 9.26 Å². The van der Waals surface area contributed by atoms with E-state index in [0.717, 1.165) is 18.7 Å². The van der Waals surface area contributed by atoms with Crippen molar-refractivity contribution in [1.29, 1.82) is 0 Å². The first kappa shape index (κ1) is 14.9. The standard InChI is InChI=1S/C15H17N5O3/c1-19-7-2-4-12(19)13-10-14(18-23-13)22-15(21)17-5-3-8-20-9-6-16-11-20/h2,4,6-7,9-11H,3,5,8H2,1H3,(H,17,21). The second kappa shape index (κ2) is 6.82. The number of nitrogens with one attached hydrogen (secondary N) is 1. The Balaban J connectivity index is 1.45. The van der Waals surface area contributed by atoms with Gasteiger partial charge in [-0.15, -0.1) is 0 Å². The first-order valence-electron chi connectivity index (χ1n) is 7.22. The Labute approximate surface area is 132 Å². The Morgan fingerprint density at radius 2 is 2.35 bits per heavy atom. The van der Waals surface area contributed by atoms with Crippen molar-refractivity contribution in [3.8, 4) is 17.3 Å². The predicted molar refractivity (Wildman–Crippen MR) is 81.8 cm³/mol. The van der Waals surface area contributed by atoms with E-state index in [1.165, 1.54) is 0 Å². The maximum atomic E-state index is 11.7. The summed E-state index contributed by atoms with van der Waals surface area (Å²) in [5, 5.41) is 6.41. The molecule has 3 rings (SSSR count). The lowest BCUT2D eigenvalue weighted by molar-refractivity contribution is 0.195. The van der Waals surface area contributed by atoms with Crippen LogP contribution >= 0.6 is 0 Å². The molecule has 1 N–H and O–H groups in total. The summed E-state index contributed by atoms with van der Waals surface area (Å²) in [6, 6.07) is 5.37. The van der Waals surface area contributed by atoms with Crippen molar-refractivity contribution in [3.63, 3.8) is 0 Å². The highest BCUT2D eigenvalue weighted by Gasteiger charge is 2.12. The van der Waals surface area contributed by atoms with Crippen LogP contribution < -0.4 is 10.1 Å². The molecule has 0 aromatic carbocycles. The zero-order chi connectivity index (χ0) is 16.1. The number of imidazole rings is 1. The molecule has 0 aliphatic heterocycles. The van der Waals surface area contributed by atoms with Crippen molar-refractivity contribution >= 4 is 6.09 Å². The zero-order valence-electron chi connectivity index (χ0n) is 12.7. The van der Waals surface area contributed by atoms with Crippen LogP contribution in [0.4, 0.5) is 4.79 Å². The fourth-order valence-corrected chi connectivity index (χ4v) is 2.15. The third-order valence-corrected chi connectivity index (χ3v) is 3.30. The zero-order valence-corrected chi connectivity index (χ0v) is 12.7. The average molecular weight is 315 g/mol. The Morgan fingerprint density at radius 3 is 3.09 bits per heavy atom. The van der Waals surface area contributed by atoms with Gasteiger partial charge in [-0.05, 0) is 23.7 Å². The lowest BCUT2D eigenvalue weighted by atomic mass is 10.3. The van der Waals surface area contributed by atoms with Crippen molar-refractivity contribution in [2.45, 2.75) is 13.0 Å². The Morgan fingerprint density at radius 1 is 1.43 bits per heavy atom. The quantitative estimate of drug-likeness (QED) is 0.704. The van der Waals surface area contributed by atoms with Crippen molar-refractivity contribution < 1.29 is 14.1 Å². The molecular formula is C15H17N5O3. The summed E-state index contributed by atoms with van der Waals surface area (Å²) in [6.45, 7) is 1.28. The Kier molecular flexibility index (Phi) is 4.41. The largest absolute Gasteiger partial charge is 0.414 e. The summed E-state index contributed by atoms with van der Waals surface area (Å²) >= 11 is 0. The summed E-state index contributed by atoms with van der Waals surface area (Å²) in [5.74, 6) is 0.675. The molecule has 0 unspecified atom stereocenters. The molecule has 0 radical (unpaired) electrons. The highest BCUT2D eigenvalue weighted by atomic mass is 16.6. The van der Waals surface area contributed by atoms with Gasteiger partial charge >= 0.3 is 6.09 Å². The Bertz CT molecular complexity index is 760. The van der Waals surface area contributed by atoms with Crippen molar-refractivity contribution in [2.24, 2.45) is 7.05 Å². The first-order valence-corrected chi connectivity index (χ1v) is 7.22. The van der Waals surface area contributed by atoms with Gasteiger partial charge < -0.3 is 23.7 Å². The van der Waals surface area contributed by atoms with Gasteiger partial charge in [0.05, 0.1) is 18.1 Å². The molecule has 1 amide bonds. The van der Waals surface area contributed by atoms with Crippen molar-refractivity contribution in [3.05, 3.63) is 43.1 Å². The van der Waals surface area contributed by atoms with Gasteiger partial charge in [-0.25, -0.2) is 9.78 Å². The predicted octanol–water partition coefficient (Wildman–Crippen LogP) is 2.06. The first-order chi connectivity index (χ1) is 11.2. The molecule has 0 atom stereocenters. The van der Waals surface area contributed by atoms with Gasteiger partial charge in [0.1, 0.15) is 0 Å². The number of nitrogens with zero attached hydrogens (tertiary/aromatic N) is 4. The molecule has 3 aromatic rings. The minimum Gasteiger partial charge on any atom is -0.388 e. The molecule has 3 aromatic heterocycles. The third kappa shape index (κ3) is 3.79. The molecule has 0 saturated heterocycles. The van der Waals surface area contributed by atoms with E-state index in [1.807, 2.05) is 40.7 Å². The molecule has 3 heterocycles. The molecule has 0 aliphatic rings. The van der Waals surface area contributed by atoms with Gasteiger partial charge in [0.25, 0.3) is 5.88 Å². The fraction of sp³-hybridized carbons (Fsp3) is 0.267. The highest BCUT2D eigenvalue weighted by Crippen LogP contribution is 2.23. The van der Waals surface area contributed by atoms with Crippen LogP contribution in [-0.4, -0.2) is 31.9 Å². The summed E-state index contributed by atoms with van der Waals surface area (Å²) in [4.78, 5) is 15.6. The van der Waals surface area contributed by atoms with Crippen LogP contribution in [-0.2, 0) is 13.6 Å². The van der Waals surface area contributed by atoms with E-state index in [1.54, 1.807) is 18.6 Å². The van der Waals surface area contributed by atoms with Crippen LogP contribution in [0.2, 0.25) is 0 Å². The van der Waals surface area contributed by atoms with Crippen molar-refractivity contribution in [1.82, 2.24) is 24.6 Å². The van der Waals surface area contributed by atoms with E-state index in [2.05, 4.69) is 15.5 Å². The maximum absolute atomic E-state index is 11.7. The fourth-order valence-electron chi connectivity index (χ4n) is 2.15. The van der Waals surface area contributed by atoms with Crippen LogP contribution in [0.25, 0.3) is 11.5 Å². The number of ether oxygens (including phenoxy) is 1. The number of aromatic nitrogens is 4. The summed E-state index contributed by atoms with van der Waals surface area (Å²) in [6.07, 6.45) is 7.45. The second-order valence-corrected chi connectivity index (χ2v) is 5.00. The van der Waals surface area contributed by atoms with Gasteiger partial charge in [0.2, 0.25) is 0 Å². The molecular weight excluding hydrogens is 298 g/mol. The Hall–Kier alpha value is -3.03. The second-order valence-electron chi connectivity index (χ2n) is 5.00. The van der Waals surface area contributed by atoms with Crippen LogP contribution in [0, 0.1) is 0 Å². The molecule has 23 heavy (non-hydrogen) atoms. The minimum absolute atomic E-state index is 0.133. The monoisotopic (exact) mass is 315 g/mol. The number of carbonyl (C=O) groups excluding carboxylic acids is 1. The van der Waals surface area contributed by atoms with Gasteiger partial charge in [-0.1, -0.05) is 0 Å². The molecule has 8 nitrogen and oxygen atoms in total. The molecule has 0 bridgehead atoms. The molecule has 0 saturated carbocycles. The van der Waals surface area contributed by atoms with Gasteiger partial charge in [0, 0.05) is 38.7 Å². The number of carbonyl (C=O) groups is 1. The van der Waals surface area contributed by atoms with Crippen molar-refractivity contribution in [2.75, 3.05) is 6.54 Å². The van der Waals surface area contributed by atoms with E-state index >= 15 is 0 Å². The van der Waals surface area contributed by atoms with Crippen LogP contribution in [0.1, 0.15) is 6.42 Å². The molecule has 0 fully saturated rings. The lowest BCUT2D eigenvalue weighted by Gasteiger charge is -2.04. The number of hydrogen-bond donors (Lipinski definition) is 1. The van der Waals surface area contributed by atoms with Gasteiger partial charge in [0.15, 0.2) is 5.76 Å². The number of aryl methyl sites for hydroxylation is 2. The van der Waals surface area contributed by atoms with E-state index in [0.29, 0.717) is 12.3 Å². The lowest BCUT2D eigenvalue weighted by Crippen LogP contribution is -2.28. The topological polar surface area (TPSA) is 87.1 Å². The van der Waals surface area contributed by atoms with Gasteiger partial charge in [-0.3, -0.25) is 0 Å². The molecule has 0 spiro atoms. The van der Waals surface area contributed by atoms with Gasteiger partial charge in [-0.2, -0.15) is 0 Å². The highest BCUT2D eigenvalue weighted by molar-refractivity contribution is 5.70. The number of hydrogen-bond acceptors (Lipinski definition) is 5. The number of amides is 1. The van der Waals surface area contributed by atoms with E-state index in [9.17, 15) is 4.79 Å².